The standard InChI is InChI=1S/C17H17ClN2S/c1-10-13-6-4-5-7-15(13)21-17(10)12(3)19-14-8-9-16(18)20-11(14)2/h4-9,12,19H,1-3H3. The van der Waals surface area contributed by atoms with Crippen LogP contribution < -0.4 is 5.32 Å². The third-order valence-corrected chi connectivity index (χ3v) is 5.36. The lowest BCUT2D eigenvalue weighted by atomic mass is 10.1. The summed E-state index contributed by atoms with van der Waals surface area (Å²) in [6.45, 7) is 6.35. The van der Waals surface area contributed by atoms with Crippen LogP contribution in [0, 0.1) is 13.8 Å². The van der Waals surface area contributed by atoms with Crippen LogP contribution in [0.15, 0.2) is 36.4 Å². The maximum absolute atomic E-state index is 5.91. The highest BCUT2D eigenvalue weighted by atomic mass is 35.5. The molecule has 3 aromatic rings. The molecule has 0 aliphatic heterocycles. The number of thiophene rings is 1. The fraction of sp³-hybridized carbons (Fsp3) is 0.235. The first kappa shape index (κ1) is 14.4. The number of rotatable bonds is 3. The molecule has 0 aliphatic rings. The van der Waals surface area contributed by atoms with Gasteiger partial charge in [0.2, 0.25) is 0 Å². The average Bonchev–Trinajstić information content (AvgIpc) is 2.80. The summed E-state index contributed by atoms with van der Waals surface area (Å²) >= 11 is 7.76. The second kappa shape index (κ2) is 5.66. The van der Waals surface area contributed by atoms with E-state index in [9.17, 15) is 0 Å². The van der Waals surface area contributed by atoms with E-state index < -0.39 is 0 Å². The van der Waals surface area contributed by atoms with E-state index in [1.54, 1.807) is 0 Å². The Morgan fingerprint density at radius 2 is 1.90 bits per heavy atom. The summed E-state index contributed by atoms with van der Waals surface area (Å²) in [4.78, 5) is 5.66. The minimum Gasteiger partial charge on any atom is -0.376 e. The van der Waals surface area contributed by atoms with Gasteiger partial charge in [0.25, 0.3) is 0 Å². The second-order valence-electron chi connectivity index (χ2n) is 5.22. The Labute approximate surface area is 133 Å². The van der Waals surface area contributed by atoms with Gasteiger partial charge in [0.15, 0.2) is 0 Å². The number of aromatic nitrogens is 1. The predicted molar refractivity (Wildman–Crippen MR) is 92.6 cm³/mol. The third-order valence-electron chi connectivity index (χ3n) is 3.70. The van der Waals surface area contributed by atoms with E-state index >= 15 is 0 Å². The zero-order valence-electron chi connectivity index (χ0n) is 12.3. The molecule has 2 aromatic heterocycles. The van der Waals surface area contributed by atoms with Gasteiger partial charge in [-0.3, -0.25) is 0 Å². The van der Waals surface area contributed by atoms with E-state index in [1.165, 1.54) is 20.5 Å². The van der Waals surface area contributed by atoms with Crippen molar-refractivity contribution < 1.29 is 0 Å². The zero-order chi connectivity index (χ0) is 15.0. The van der Waals surface area contributed by atoms with Gasteiger partial charge in [-0.05, 0) is 49.9 Å². The lowest BCUT2D eigenvalue weighted by molar-refractivity contribution is 0.894. The summed E-state index contributed by atoms with van der Waals surface area (Å²) in [5, 5.41) is 5.42. The van der Waals surface area contributed by atoms with Crippen LogP contribution in [0.3, 0.4) is 0 Å². The summed E-state index contributed by atoms with van der Waals surface area (Å²) in [7, 11) is 0. The molecule has 21 heavy (non-hydrogen) atoms. The molecule has 0 aliphatic carbocycles. The minimum atomic E-state index is 0.240. The van der Waals surface area contributed by atoms with E-state index in [4.69, 9.17) is 11.6 Å². The number of fused-ring (bicyclic) bond motifs is 1. The van der Waals surface area contributed by atoms with E-state index in [2.05, 4.69) is 48.4 Å². The van der Waals surface area contributed by atoms with Crippen molar-refractivity contribution >= 4 is 38.7 Å². The van der Waals surface area contributed by atoms with Crippen LogP contribution in [0.5, 0.6) is 0 Å². The SMILES string of the molecule is Cc1nc(Cl)ccc1NC(C)c1sc2ccccc2c1C. The van der Waals surface area contributed by atoms with Gasteiger partial charge >= 0.3 is 0 Å². The van der Waals surface area contributed by atoms with Gasteiger partial charge in [-0.1, -0.05) is 29.8 Å². The van der Waals surface area contributed by atoms with Crippen molar-refractivity contribution in [3.63, 3.8) is 0 Å². The number of anilines is 1. The lowest BCUT2D eigenvalue weighted by Gasteiger charge is -2.16. The first-order valence-electron chi connectivity index (χ1n) is 6.94. The minimum absolute atomic E-state index is 0.240. The number of benzene rings is 1. The van der Waals surface area contributed by atoms with Crippen LogP contribution >= 0.6 is 22.9 Å². The van der Waals surface area contributed by atoms with Gasteiger partial charge in [-0.15, -0.1) is 11.3 Å². The molecule has 0 radical (unpaired) electrons. The molecule has 1 unspecified atom stereocenters. The third kappa shape index (κ3) is 2.76. The van der Waals surface area contributed by atoms with Crippen LogP contribution in [0.2, 0.25) is 5.15 Å². The van der Waals surface area contributed by atoms with Crippen molar-refractivity contribution in [1.82, 2.24) is 4.98 Å². The number of hydrogen-bond acceptors (Lipinski definition) is 3. The van der Waals surface area contributed by atoms with Gasteiger partial charge in [0, 0.05) is 9.58 Å². The topological polar surface area (TPSA) is 24.9 Å². The molecule has 108 valence electrons. The lowest BCUT2D eigenvalue weighted by Crippen LogP contribution is -2.07. The Hall–Kier alpha value is -1.58. The van der Waals surface area contributed by atoms with Gasteiger partial charge in [0.1, 0.15) is 5.15 Å². The number of nitrogens with one attached hydrogen (secondary N) is 1. The Morgan fingerprint density at radius 3 is 2.62 bits per heavy atom. The van der Waals surface area contributed by atoms with Crippen molar-refractivity contribution in [3.05, 3.63) is 57.7 Å². The fourth-order valence-corrected chi connectivity index (χ4v) is 3.99. The molecule has 0 amide bonds. The fourth-order valence-electron chi connectivity index (χ4n) is 2.59. The quantitative estimate of drug-likeness (QED) is 0.623. The molecule has 1 N–H and O–H groups in total. The van der Waals surface area contributed by atoms with E-state index in [1.807, 2.05) is 30.4 Å². The molecule has 0 spiro atoms. The highest BCUT2D eigenvalue weighted by molar-refractivity contribution is 7.19. The van der Waals surface area contributed by atoms with Crippen LogP contribution in [0.4, 0.5) is 5.69 Å². The molecule has 4 heteroatoms. The molecule has 2 nitrogen and oxygen atoms in total. The molecule has 1 atom stereocenters. The molecule has 0 saturated carbocycles. The van der Waals surface area contributed by atoms with Crippen molar-refractivity contribution in [2.75, 3.05) is 5.32 Å². The van der Waals surface area contributed by atoms with E-state index in [0.29, 0.717) is 5.15 Å². The van der Waals surface area contributed by atoms with Crippen LogP contribution in [-0.4, -0.2) is 4.98 Å². The average molecular weight is 317 g/mol. The highest BCUT2D eigenvalue weighted by Crippen LogP contribution is 2.36. The Kier molecular flexibility index (Phi) is 3.87. The first-order valence-corrected chi connectivity index (χ1v) is 8.13. The summed E-state index contributed by atoms with van der Waals surface area (Å²) in [6.07, 6.45) is 0. The van der Waals surface area contributed by atoms with E-state index in [-0.39, 0.29) is 6.04 Å². The molecule has 0 fully saturated rings. The molecule has 2 heterocycles. The van der Waals surface area contributed by atoms with Gasteiger partial charge in [-0.25, -0.2) is 4.98 Å². The normalized spacial score (nSPS) is 12.6. The first-order chi connectivity index (χ1) is 10.1. The molecule has 3 rings (SSSR count). The zero-order valence-corrected chi connectivity index (χ0v) is 13.8. The maximum Gasteiger partial charge on any atom is 0.129 e. The van der Waals surface area contributed by atoms with Crippen LogP contribution in [0.25, 0.3) is 10.1 Å². The summed E-state index contributed by atoms with van der Waals surface area (Å²) < 4.78 is 1.34. The van der Waals surface area contributed by atoms with Crippen LogP contribution in [0.1, 0.15) is 29.1 Å². The number of hydrogen-bond donors (Lipinski definition) is 1. The summed E-state index contributed by atoms with van der Waals surface area (Å²) in [5.41, 5.74) is 3.31. The van der Waals surface area contributed by atoms with Crippen molar-refractivity contribution in [3.8, 4) is 0 Å². The predicted octanol–water partition coefficient (Wildman–Crippen LogP) is 5.74. The smallest absolute Gasteiger partial charge is 0.129 e. The maximum atomic E-state index is 5.91. The molecule has 1 aromatic carbocycles. The monoisotopic (exact) mass is 316 g/mol. The number of pyridine rings is 1. The van der Waals surface area contributed by atoms with Crippen molar-refractivity contribution in [2.45, 2.75) is 26.8 Å². The molecule has 0 bridgehead atoms. The van der Waals surface area contributed by atoms with Crippen molar-refractivity contribution in [2.24, 2.45) is 0 Å². The van der Waals surface area contributed by atoms with Gasteiger partial charge in [-0.2, -0.15) is 0 Å². The van der Waals surface area contributed by atoms with Crippen LogP contribution in [-0.2, 0) is 0 Å². The summed E-state index contributed by atoms with van der Waals surface area (Å²) in [5.74, 6) is 0. The van der Waals surface area contributed by atoms with E-state index in [0.717, 1.165) is 11.4 Å². The second-order valence-corrected chi connectivity index (χ2v) is 6.69. The number of aryl methyl sites for hydroxylation is 2. The van der Waals surface area contributed by atoms with Crippen molar-refractivity contribution in [1.29, 1.82) is 0 Å². The highest BCUT2D eigenvalue weighted by Gasteiger charge is 2.15. The number of nitrogens with zero attached hydrogens (tertiary/aromatic N) is 1. The Balaban J connectivity index is 1.93. The number of halogens is 1. The van der Waals surface area contributed by atoms with Gasteiger partial charge < -0.3 is 5.32 Å². The summed E-state index contributed by atoms with van der Waals surface area (Å²) in [6, 6.07) is 12.6. The Bertz CT molecular complexity index is 795. The largest absolute Gasteiger partial charge is 0.376 e. The molecular formula is C17H17ClN2S. The van der Waals surface area contributed by atoms with Gasteiger partial charge in [0.05, 0.1) is 17.4 Å². The molecule has 0 saturated heterocycles. The Morgan fingerprint density at radius 1 is 1.14 bits per heavy atom. The molecular weight excluding hydrogens is 300 g/mol.